The van der Waals surface area contributed by atoms with Crippen LogP contribution in [-0.2, 0) is 6.42 Å². The Hall–Kier alpha value is -2.17. The zero-order valence-electron chi connectivity index (χ0n) is 15.6. The number of aromatic nitrogens is 1. The van der Waals surface area contributed by atoms with Crippen LogP contribution < -0.4 is 0 Å². The van der Waals surface area contributed by atoms with E-state index in [9.17, 15) is 4.39 Å². The van der Waals surface area contributed by atoms with Gasteiger partial charge in [-0.05, 0) is 55.8 Å². The average Bonchev–Trinajstić information content (AvgIpc) is 3.11. The molecular formula is C22H26FN3. The van der Waals surface area contributed by atoms with Crippen molar-refractivity contribution in [3.63, 3.8) is 0 Å². The van der Waals surface area contributed by atoms with E-state index < -0.39 is 0 Å². The summed E-state index contributed by atoms with van der Waals surface area (Å²) in [5, 5.41) is 0.688. The number of rotatable bonds is 4. The minimum atomic E-state index is -0.157. The topological polar surface area (TPSA) is 11.4 Å². The molecule has 1 saturated heterocycles. The molecule has 3 nitrogen and oxygen atoms in total. The molecule has 1 aliphatic heterocycles. The zero-order chi connectivity index (χ0) is 18.1. The number of fused-ring (bicyclic) bond motifs is 1. The molecule has 0 N–H and O–H groups in total. The number of benzene rings is 2. The molecule has 1 fully saturated rings. The smallest absolute Gasteiger partial charge is 0.132 e. The molecule has 1 aliphatic rings. The van der Waals surface area contributed by atoms with Gasteiger partial charge < -0.3 is 14.4 Å². The maximum absolute atomic E-state index is 14.1. The lowest BCUT2D eigenvalue weighted by atomic mass is 10.1. The SMILES string of the molecule is Cc1ccc(F)c2ccn(-c3cccc(CCN4CCN(C)CC4)c3)c12. The van der Waals surface area contributed by atoms with Gasteiger partial charge in [0.05, 0.1) is 5.52 Å². The van der Waals surface area contributed by atoms with E-state index in [-0.39, 0.29) is 5.82 Å². The standard InChI is InChI=1S/C22H26FN3/c1-17-6-7-21(23)20-9-11-26(22(17)20)19-5-3-4-18(16-19)8-10-25-14-12-24(2)13-15-25/h3-7,9,11,16H,8,10,12-15H2,1-2H3. The van der Waals surface area contributed by atoms with Gasteiger partial charge in [0.1, 0.15) is 5.82 Å². The van der Waals surface area contributed by atoms with E-state index in [4.69, 9.17) is 0 Å². The Morgan fingerprint density at radius 1 is 1.00 bits per heavy atom. The Labute approximate surface area is 154 Å². The van der Waals surface area contributed by atoms with Crippen LogP contribution in [0.15, 0.2) is 48.7 Å². The lowest BCUT2D eigenvalue weighted by Gasteiger charge is -2.32. The lowest BCUT2D eigenvalue weighted by Crippen LogP contribution is -2.45. The normalized spacial score (nSPS) is 16.4. The number of halogens is 1. The summed E-state index contributed by atoms with van der Waals surface area (Å²) in [5.41, 5.74) is 4.48. The van der Waals surface area contributed by atoms with E-state index in [2.05, 4.69) is 45.7 Å². The molecule has 3 aromatic rings. The molecule has 0 bridgehead atoms. The Morgan fingerprint density at radius 2 is 1.81 bits per heavy atom. The van der Waals surface area contributed by atoms with Crippen molar-refractivity contribution in [2.45, 2.75) is 13.3 Å². The summed E-state index contributed by atoms with van der Waals surface area (Å²) < 4.78 is 16.2. The third-order valence-electron chi connectivity index (χ3n) is 5.50. The number of hydrogen-bond acceptors (Lipinski definition) is 2. The number of likely N-dealkylation sites (N-methyl/N-ethyl adjacent to an activating group) is 1. The minimum absolute atomic E-state index is 0.157. The highest BCUT2D eigenvalue weighted by atomic mass is 19.1. The summed E-state index contributed by atoms with van der Waals surface area (Å²) in [6, 6.07) is 13.9. The fraction of sp³-hybridized carbons (Fsp3) is 0.364. The second kappa shape index (κ2) is 7.22. The van der Waals surface area contributed by atoms with E-state index in [1.165, 1.54) is 5.56 Å². The van der Waals surface area contributed by atoms with E-state index in [1.54, 1.807) is 6.07 Å². The van der Waals surface area contributed by atoms with Crippen LogP contribution in [0.2, 0.25) is 0 Å². The second-order valence-electron chi connectivity index (χ2n) is 7.38. The van der Waals surface area contributed by atoms with Crippen LogP contribution in [0.1, 0.15) is 11.1 Å². The highest BCUT2D eigenvalue weighted by Gasteiger charge is 2.14. The first kappa shape index (κ1) is 17.3. The van der Waals surface area contributed by atoms with Gasteiger partial charge in [-0.2, -0.15) is 0 Å². The molecule has 0 radical (unpaired) electrons. The summed E-state index contributed by atoms with van der Waals surface area (Å²) in [6.07, 6.45) is 3.02. The molecule has 4 heteroatoms. The Balaban J connectivity index is 1.56. The molecule has 0 spiro atoms. The molecule has 0 amide bonds. The van der Waals surface area contributed by atoms with Gasteiger partial charge >= 0.3 is 0 Å². The minimum Gasteiger partial charge on any atom is -0.316 e. The maximum atomic E-state index is 14.1. The first-order valence-corrected chi connectivity index (χ1v) is 9.38. The summed E-state index contributed by atoms with van der Waals surface area (Å²) in [4.78, 5) is 4.92. The van der Waals surface area contributed by atoms with Gasteiger partial charge in [-0.3, -0.25) is 0 Å². The maximum Gasteiger partial charge on any atom is 0.132 e. The molecule has 0 saturated carbocycles. The van der Waals surface area contributed by atoms with E-state index in [0.29, 0.717) is 5.39 Å². The van der Waals surface area contributed by atoms with Crippen LogP contribution in [0, 0.1) is 12.7 Å². The van der Waals surface area contributed by atoms with Crippen molar-refractivity contribution in [1.29, 1.82) is 0 Å². The largest absolute Gasteiger partial charge is 0.316 e. The van der Waals surface area contributed by atoms with Gasteiger partial charge in [0.15, 0.2) is 0 Å². The van der Waals surface area contributed by atoms with Crippen molar-refractivity contribution in [2.24, 2.45) is 0 Å². The van der Waals surface area contributed by atoms with Gasteiger partial charge in [0, 0.05) is 50.0 Å². The van der Waals surface area contributed by atoms with Gasteiger partial charge in [0.25, 0.3) is 0 Å². The van der Waals surface area contributed by atoms with Crippen molar-refractivity contribution in [2.75, 3.05) is 39.8 Å². The van der Waals surface area contributed by atoms with Crippen LogP contribution in [0.3, 0.4) is 0 Å². The molecule has 0 atom stereocenters. The molecule has 136 valence electrons. The fourth-order valence-corrected chi connectivity index (χ4v) is 3.83. The summed E-state index contributed by atoms with van der Waals surface area (Å²) in [5.74, 6) is -0.157. The third-order valence-corrected chi connectivity index (χ3v) is 5.50. The third kappa shape index (κ3) is 3.39. The number of aryl methyl sites for hydroxylation is 1. The number of piperazine rings is 1. The number of hydrogen-bond donors (Lipinski definition) is 0. The molecule has 0 aliphatic carbocycles. The zero-order valence-corrected chi connectivity index (χ0v) is 15.6. The molecule has 26 heavy (non-hydrogen) atoms. The van der Waals surface area contributed by atoms with Crippen molar-refractivity contribution in [3.8, 4) is 5.69 Å². The molecule has 4 rings (SSSR count). The molecule has 1 aromatic heterocycles. The predicted octanol–water partition coefficient (Wildman–Crippen LogP) is 3.87. The quantitative estimate of drug-likeness (QED) is 0.707. The Bertz CT molecular complexity index is 907. The van der Waals surface area contributed by atoms with Crippen LogP contribution in [0.25, 0.3) is 16.6 Å². The van der Waals surface area contributed by atoms with E-state index in [1.807, 2.05) is 25.3 Å². The van der Waals surface area contributed by atoms with Crippen LogP contribution in [-0.4, -0.2) is 54.1 Å². The summed E-state index contributed by atoms with van der Waals surface area (Å²) in [7, 11) is 2.19. The second-order valence-corrected chi connectivity index (χ2v) is 7.38. The molecular weight excluding hydrogens is 325 g/mol. The van der Waals surface area contributed by atoms with Crippen molar-refractivity contribution in [1.82, 2.24) is 14.4 Å². The summed E-state index contributed by atoms with van der Waals surface area (Å²) >= 11 is 0. The Kier molecular flexibility index (Phi) is 4.79. The van der Waals surface area contributed by atoms with Gasteiger partial charge in [-0.15, -0.1) is 0 Å². The van der Waals surface area contributed by atoms with Crippen molar-refractivity contribution in [3.05, 3.63) is 65.6 Å². The number of nitrogens with zero attached hydrogens (tertiary/aromatic N) is 3. The highest BCUT2D eigenvalue weighted by Crippen LogP contribution is 2.26. The van der Waals surface area contributed by atoms with Crippen LogP contribution >= 0.6 is 0 Å². The average molecular weight is 351 g/mol. The van der Waals surface area contributed by atoms with Gasteiger partial charge in [-0.1, -0.05) is 18.2 Å². The molecule has 0 unspecified atom stereocenters. The molecule has 2 heterocycles. The van der Waals surface area contributed by atoms with Crippen LogP contribution in [0.4, 0.5) is 4.39 Å². The van der Waals surface area contributed by atoms with E-state index >= 15 is 0 Å². The monoisotopic (exact) mass is 351 g/mol. The highest BCUT2D eigenvalue weighted by molar-refractivity contribution is 5.85. The first-order valence-electron chi connectivity index (χ1n) is 9.38. The first-order chi connectivity index (χ1) is 12.6. The van der Waals surface area contributed by atoms with Gasteiger partial charge in [0.2, 0.25) is 0 Å². The van der Waals surface area contributed by atoms with Crippen molar-refractivity contribution >= 4 is 10.9 Å². The fourth-order valence-electron chi connectivity index (χ4n) is 3.83. The van der Waals surface area contributed by atoms with Crippen molar-refractivity contribution < 1.29 is 4.39 Å². The Morgan fingerprint density at radius 3 is 2.62 bits per heavy atom. The lowest BCUT2D eigenvalue weighted by molar-refractivity contribution is 0.155. The summed E-state index contributed by atoms with van der Waals surface area (Å²) in [6.45, 7) is 7.74. The van der Waals surface area contributed by atoms with Crippen LogP contribution in [0.5, 0.6) is 0 Å². The molecule has 2 aromatic carbocycles. The van der Waals surface area contributed by atoms with Gasteiger partial charge in [-0.25, -0.2) is 4.39 Å². The predicted molar refractivity (Wildman–Crippen MR) is 106 cm³/mol. The van der Waals surface area contributed by atoms with E-state index in [0.717, 1.165) is 55.9 Å².